The second-order valence-corrected chi connectivity index (χ2v) is 7.41. The molecular formula is C13H20N2O2S2. The van der Waals surface area contributed by atoms with Crippen molar-refractivity contribution >= 4 is 27.5 Å². The molecule has 0 heterocycles. The molecule has 1 aromatic carbocycles. The normalized spacial score (nSPS) is 16.9. The van der Waals surface area contributed by atoms with Crippen LogP contribution in [0.4, 0.5) is 5.69 Å². The van der Waals surface area contributed by atoms with Gasteiger partial charge in [0, 0.05) is 10.6 Å². The van der Waals surface area contributed by atoms with E-state index in [0.29, 0.717) is 11.6 Å². The molecule has 1 saturated carbocycles. The summed E-state index contributed by atoms with van der Waals surface area (Å²) in [5.74, 6) is 0.615. The van der Waals surface area contributed by atoms with E-state index in [1.54, 1.807) is 6.07 Å². The lowest BCUT2D eigenvalue weighted by molar-refractivity contribution is 0.541. The first-order chi connectivity index (χ1) is 8.93. The highest BCUT2D eigenvalue weighted by Crippen LogP contribution is 2.36. The van der Waals surface area contributed by atoms with Crippen LogP contribution < -0.4 is 10.9 Å². The third kappa shape index (κ3) is 3.24. The van der Waals surface area contributed by atoms with Gasteiger partial charge in [-0.1, -0.05) is 25.7 Å². The lowest BCUT2D eigenvalue weighted by Crippen LogP contribution is -2.15. The summed E-state index contributed by atoms with van der Waals surface area (Å²) in [6.07, 6.45) is 7.63. The van der Waals surface area contributed by atoms with E-state index in [0.717, 1.165) is 16.9 Å². The quantitative estimate of drug-likeness (QED) is 0.660. The van der Waals surface area contributed by atoms with Gasteiger partial charge in [-0.25, -0.2) is 13.6 Å². The highest BCUT2D eigenvalue weighted by atomic mass is 32.2. The van der Waals surface area contributed by atoms with Crippen molar-refractivity contribution in [2.75, 3.05) is 12.0 Å². The maximum atomic E-state index is 11.6. The summed E-state index contributed by atoms with van der Waals surface area (Å²) in [6, 6.07) is 3.17. The minimum Gasteiger partial charge on any atom is -0.398 e. The average Bonchev–Trinajstić information content (AvgIpc) is 2.82. The van der Waals surface area contributed by atoms with Gasteiger partial charge in [0.15, 0.2) is 0 Å². The first-order valence-corrected chi connectivity index (χ1v) is 9.18. The lowest BCUT2D eigenvalue weighted by atomic mass is 9.97. The second kappa shape index (κ2) is 5.73. The first-order valence-electron chi connectivity index (χ1n) is 6.41. The predicted molar refractivity (Wildman–Crippen MR) is 79.7 cm³/mol. The van der Waals surface area contributed by atoms with Crippen molar-refractivity contribution in [2.45, 2.75) is 41.9 Å². The van der Waals surface area contributed by atoms with Crippen LogP contribution in [0.15, 0.2) is 21.9 Å². The SMILES string of the molecule is CSc1c(S(N)(=O)=O)ccc(N)c1CC1CCCC1. The Balaban J connectivity index is 2.45. The number of benzene rings is 1. The number of anilines is 1. The molecule has 0 radical (unpaired) electrons. The fraction of sp³-hybridized carbons (Fsp3) is 0.538. The average molecular weight is 300 g/mol. The number of sulfonamides is 1. The molecule has 4 N–H and O–H groups in total. The van der Waals surface area contributed by atoms with Crippen LogP contribution in [0, 0.1) is 5.92 Å². The monoisotopic (exact) mass is 300 g/mol. The van der Waals surface area contributed by atoms with Crippen LogP contribution in [-0.2, 0) is 16.4 Å². The highest BCUT2D eigenvalue weighted by Gasteiger charge is 2.22. The van der Waals surface area contributed by atoms with Crippen molar-refractivity contribution in [3.63, 3.8) is 0 Å². The maximum absolute atomic E-state index is 11.6. The molecule has 4 nitrogen and oxygen atoms in total. The van der Waals surface area contributed by atoms with Crippen molar-refractivity contribution < 1.29 is 8.42 Å². The van der Waals surface area contributed by atoms with E-state index in [4.69, 9.17) is 10.9 Å². The van der Waals surface area contributed by atoms with Gasteiger partial charge in [-0.05, 0) is 36.3 Å². The van der Waals surface area contributed by atoms with Gasteiger partial charge < -0.3 is 5.73 Å². The van der Waals surface area contributed by atoms with Crippen molar-refractivity contribution in [3.8, 4) is 0 Å². The van der Waals surface area contributed by atoms with Crippen LogP contribution in [0.2, 0.25) is 0 Å². The van der Waals surface area contributed by atoms with Crippen molar-refractivity contribution in [1.82, 2.24) is 0 Å². The molecule has 0 aliphatic heterocycles. The van der Waals surface area contributed by atoms with Gasteiger partial charge in [0.05, 0.1) is 4.90 Å². The van der Waals surface area contributed by atoms with Gasteiger partial charge in [0.25, 0.3) is 0 Å². The minimum atomic E-state index is -3.69. The van der Waals surface area contributed by atoms with E-state index < -0.39 is 10.0 Å². The van der Waals surface area contributed by atoms with E-state index in [2.05, 4.69) is 0 Å². The Morgan fingerprint density at radius 2 is 1.95 bits per heavy atom. The molecule has 0 bridgehead atoms. The van der Waals surface area contributed by atoms with Crippen molar-refractivity contribution in [3.05, 3.63) is 17.7 Å². The number of nitrogens with two attached hydrogens (primary N) is 2. The Morgan fingerprint density at radius 1 is 1.32 bits per heavy atom. The summed E-state index contributed by atoms with van der Waals surface area (Å²) in [7, 11) is -3.69. The van der Waals surface area contributed by atoms with Crippen LogP contribution in [0.3, 0.4) is 0 Å². The molecule has 1 aliphatic rings. The van der Waals surface area contributed by atoms with Crippen LogP contribution in [0.1, 0.15) is 31.2 Å². The summed E-state index contributed by atoms with van der Waals surface area (Å²) in [5, 5.41) is 5.28. The Hall–Kier alpha value is -0.720. The molecule has 0 aromatic heterocycles. The predicted octanol–water partition coefficient (Wildman–Crippen LogP) is 2.37. The standard InChI is InChI=1S/C13H20N2O2S2/c1-18-13-10(8-9-4-2-3-5-9)11(14)6-7-12(13)19(15,16)17/h6-7,9H,2-5,8,14H2,1H3,(H2,15,16,17). The zero-order valence-corrected chi connectivity index (χ0v) is 12.7. The van der Waals surface area contributed by atoms with Gasteiger partial charge >= 0.3 is 0 Å². The number of rotatable bonds is 4. The minimum absolute atomic E-state index is 0.196. The lowest BCUT2D eigenvalue weighted by Gasteiger charge is -2.17. The second-order valence-electron chi connectivity index (χ2n) is 5.06. The molecule has 0 unspecified atom stereocenters. The molecule has 0 atom stereocenters. The number of hydrogen-bond acceptors (Lipinski definition) is 4. The fourth-order valence-electron chi connectivity index (χ4n) is 2.78. The summed E-state index contributed by atoms with van der Waals surface area (Å²) in [5.41, 5.74) is 7.66. The molecule has 0 spiro atoms. The largest absolute Gasteiger partial charge is 0.398 e. The molecule has 6 heteroatoms. The topological polar surface area (TPSA) is 86.2 Å². The molecular weight excluding hydrogens is 280 g/mol. The van der Waals surface area contributed by atoms with Gasteiger partial charge in [-0.2, -0.15) is 0 Å². The molecule has 2 rings (SSSR count). The third-order valence-electron chi connectivity index (χ3n) is 3.74. The van der Waals surface area contributed by atoms with Crippen LogP contribution >= 0.6 is 11.8 Å². The maximum Gasteiger partial charge on any atom is 0.239 e. The third-order valence-corrected chi connectivity index (χ3v) is 5.70. The van der Waals surface area contributed by atoms with Crippen molar-refractivity contribution in [2.24, 2.45) is 11.1 Å². The number of thioether (sulfide) groups is 1. The summed E-state index contributed by atoms with van der Waals surface area (Å²) < 4.78 is 23.3. The Morgan fingerprint density at radius 3 is 2.47 bits per heavy atom. The van der Waals surface area contributed by atoms with E-state index in [1.807, 2.05) is 6.26 Å². The Bertz CT molecular complexity index is 564. The first kappa shape index (κ1) is 14.7. The van der Waals surface area contributed by atoms with Crippen LogP contribution in [0.5, 0.6) is 0 Å². The Kier molecular flexibility index (Phi) is 4.43. The number of hydrogen-bond donors (Lipinski definition) is 2. The summed E-state index contributed by atoms with van der Waals surface area (Å²) >= 11 is 1.41. The number of primary sulfonamides is 1. The van der Waals surface area contributed by atoms with Gasteiger partial charge in [0.2, 0.25) is 10.0 Å². The zero-order valence-electron chi connectivity index (χ0n) is 11.1. The number of nitrogen functional groups attached to an aromatic ring is 1. The molecule has 0 amide bonds. The van der Waals surface area contributed by atoms with E-state index in [9.17, 15) is 8.42 Å². The van der Waals surface area contributed by atoms with Crippen LogP contribution in [-0.4, -0.2) is 14.7 Å². The molecule has 19 heavy (non-hydrogen) atoms. The Labute approximate surface area is 119 Å². The molecule has 1 aliphatic carbocycles. The van der Waals surface area contributed by atoms with Crippen molar-refractivity contribution in [1.29, 1.82) is 0 Å². The van der Waals surface area contributed by atoms with Crippen LogP contribution in [0.25, 0.3) is 0 Å². The fourth-order valence-corrected chi connectivity index (χ4v) is 4.74. The van der Waals surface area contributed by atoms with E-state index >= 15 is 0 Å². The van der Waals surface area contributed by atoms with E-state index in [-0.39, 0.29) is 4.90 Å². The van der Waals surface area contributed by atoms with E-state index in [1.165, 1.54) is 43.5 Å². The van der Waals surface area contributed by atoms with Gasteiger partial charge in [-0.3, -0.25) is 0 Å². The molecule has 1 fully saturated rings. The zero-order chi connectivity index (χ0) is 14.0. The smallest absolute Gasteiger partial charge is 0.239 e. The molecule has 0 saturated heterocycles. The molecule has 106 valence electrons. The van der Waals surface area contributed by atoms with Gasteiger partial charge in [-0.15, -0.1) is 11.8 Å². The molecule has 1 aromatic rings. The van der Waals surface area contributed by atoms with Gasteiger partial charge in [0.1, 0.15) is 0 Å². The highest BCUT2D eigenvalue weighted by molar-refractivity contribution is 7.99. The summed E-state index contributed by atoms with van der Waals surface area (Å²) in [4.78, 5) is 0.914. The summed E-state index contributed by atoms with van der Waals surface area (Å²) in [6.45, 7) is 0.